The molecule has 1 fully saturated rings. The van der Waals surface area contributed by atoms with Crippen LogP contribution in [0.5, 0.6) is 0 Å². The highest BCUT2D eigenvalue weighted by Gasteiger charge is 2.41. The van der Waals surface area contributed by atoms with E-state index >= 15 is 0 Å². The molecule has 1 aliphatic rings. The molecule has 0 unspecified atom stereocenters. The van der Waals surface area contributed by atoms with Crippen LogP contribution in [0.25, 0.3) is 0 Å². The molecule has 1 N–H and O–H groups in total. The number of halogens is 1. The number of benzene rings is 3. The van der Waals surface area contributed by atoms with E-state index in [1.807, 2.05) is 6.07 Å². The van der Waals surface area contributed by atoms with Crippen molar-refractivity contribution >= 4 is 56.6 Å². The van der Waals surface area contributed by atoms with E-state index in [0.717, 1.165) is 16.2 Å². The summed E-state index contributed by atoms with van der Waals surface area (Å²) in [5.74, 6) is -0.953. The zero-order valence-corrected chi connectivity index (χ0v) is 20.5. The summed E-state index contributed by atoms with van der Waals surface area (Å²) < 4.78 is 0.807. The molecule has 4 rings (SSSR count). The molecule has 0 saturated carbocycles. The van der Waals surface area contributed by atoms with Gasteiger partial charge in [-0.25, -0.2) is 0 Å². The Hall–Kier alpha value is -3.94. The summed E-state index contributed by atoms with van der Waals surface area (Å²) in [7, 11) is 0. The van der Waals surface area contributed by atoms with Gasteiger partial charge in [-0.05, 0) is 48.4 Å². The summed E-state index contributed by atoms with van der Waals surface area (Å²) >= 11 is 4.47. The van der Waals surface area contributed by atoms with Crippen LogP contribution >= 0.6 is 27.7 Å². The number of non-ortho nitro benzene ring substituents is 1. The molecule has 0 radical (unpaired) electrons. The van der Waals surface area contributed by atoms with Crippen LogP contribution < -0.4 is 10.2 Å². The number of rotatable bonds is 6. The number of nitro benzene ring substituents is 1. The Kier molecular flexibility index (Phi) is 7.29. The second kappa shape index (κ2) is 10.5. The third kappa shape index (κ3) is 5.42. The van der Waals surface area contributed by atoms with E-state index < -0.39 is 16.1 Å². The largest absolute Gasteiger partial charge is 0.321 e. The first-order chi connectivity index (χ1) is 16.9. The predicted molar refractivity (Wildman–Crippen MR) is 138 cm³/mol. The van der Waals surface area contributed by atoms with Gasteiger partial charge in [0.1, 0.15) is 16.7 Å². The predicted octanol–water partition coefficient (Wildman–Crippen LogP) is 5.42. The van der Waals surface area contributed by atoms with Crippen LogP contribution in [0.4, 0.5) is 17.1 Å². The van der Waals surface area contributed by atoms with E-state index in [-0.39, 0.29) is 28.6 Å². The number of anilines is 2. The topological polar surface area (TPSA) is 116 Å². The number of hydrogen-bond donors (Lipinski definition) is 1. The van der Waals surface area contributed by atoms with Gasteiger partial charge >= 0.3 is 0 Å². The minimum Gasteiger partial charge on any atom is -0.321 e. The Labute approximate surface area is 213 Å². The smallest absolute Gasteiger partial charge is 0.269 e. The maximum absolute atomic E-state index is 13.5. The molecule has 10 heteroatoms. The number of thioether (sulfide) groups is 1. The lowest BCUT2D eigenvalue weighted by molar-refractivity contribution is -0.384. The highest BCUT2D eigenvalue weighted by Crippen LogP contribution is 2.42. The molecular formula is C25H17BrN4O4S. The average Bonchev–Trinajstić information content (AvgIpc) is 3.16. The number of carbonyl (C=O) groups excluding carboxylic acids is 2. The lowest BCUT2D eigenvalue weighted by Gasteiger charge is -2.19. The Bertz CT molecular complexity index is 1370. The van der Waals surface area contributed by atoms with Gasteiger partial charge in [-0.3, -0.25) is 24.6 Å². The Morgan fingerprint density at radius 3 is 2.49 bits per heavy atom. The van der Waals surface area contributed by atoms with Gasteiger partial charge in [0.2, 0.25) is 5.91 Å². The molecule has 35 heavy (non-hydrogen) atoms. The molecule has 2 amide bonds. The van der Waals surface area contributed by atoms with Gasteiger partial charge in [-0.2, -0.15) is 5.26 Å². The third-order valence-corrected chi connectivity index (χ3v) is 6.96. The van der Waals surface area contributed by atoms with Crippen LogP contribution in [-0.2, 0) is 16.0 Å². The molecule has 1 atom stereocenters. The summed E-state index contributed by atoms with van der Waals surface area (Å²) in [4.78, 5) is 38.6. The van der Waals surface area contributed by atoms with Crippen molar-refractivity contribution in [1.29, 1.82) is 5.26 Å². The standard InChI is InChI=1S/C25H17BrN4O4S/c26-17-9-11-19(12-10-17)29-24(32)22(14-16-5-4-8-20(13-16)30(33)34)35-25(29)21(15-27)23(31)28-18-6-2-1-3-7-18/h1-13,22H,14H2,(H,28,31)/b25-21-/t22-/m1/s1. The minimum absolute atomic E-state index is 0.0709. The van der Waals surface area contributed by atoms with Gasteiger partial charge in [-0.1, -0.05) is 58.0 Å². The molecule has 0 bridgehead atoms. The van der Waals surface area contributed by atoms with Gasteiger partial charge in [0, 0.05) is 28.0 Å². The summed E-state index contributed by atoms with van der Waals surface area (Å²) in [6, 6.07) is 23.7. The van der Waals surface area contributed by atoms with Crippen LogP contribution in [0.1, 0.15) is 5.56 Å². The summed E-state index contributed by atoms with van der Waals surface area (Å²) in [5, 5.41) is 23.3. The van der Waals surface area contributed by atoms with Crippen LogP contribution in [0.3, 0.4) is 0 Å². The van der Waals surface area contributed by atoms with E-state index in [2.05, 4.69) is 21.2 Å². The molecular weight excluding hydrogens is 532 g/mol. The van der Waals surface area contributed by atoms with Gasteiger partial charge in [0.15, 0.2) is 0 Å². The number of nitro groups is 1. The van der Waals surface area contributed by atoms with Crippen LogP contribution in [0.15, 0.2) is 93.9 Å². The van der Waals surface area contributed by atoms with E-state index in [0.29, 0.717) is 16.9 Å². The molecule has 0 spiro atoms. The number of nitrogens with one attached hydrogen (secondary N) is 1. The fraction of sp³-hybridized carbons (Fsp3) is 0.0800. The quantitative estimate of drug-likeness (QED) is 0.190. The van der Waals surface area contributed by atoms with E-state index in [1.54, 1.807) is 66.7 Å². The normalized spacial score (nSPS) is 16.5. The number of carbonyl (C=O) groups is 2. The molecule has 1 saturated heterocycles. The maximum Gasteiger partial charge on any atom is 0.269 e. The monoisotopic (exact) mass is 548 g/mol. The Morgan fingerprint density at radius 1 is 1.11 bits per heavy atom. The number of nitrogens with zero attached hydrogens (tertiary/aromatic N) is 3. The first-order valence-electron chi connectivity index (χ1n) is 10.4. The highest BCUT2D eigenvalue weighted by atomic mass is 79.9. The number of nitriles is 1. The van der Waals surface area contributed by atoms with Crippen molar-refractivity contribution in [1.82, 2.24) is 0 Å². The fourth-order valence-electron chi connectivity index (χ4n) is 3.54. The van der Waals surface area contributed by atoms with Crippen molar-refractivity contribution in [3.8, 4) is 6.07 Å². The second-order valence-corrected chi connectivity index (χ2v) is 9.61. The average molecular weight is 549 g/mol. The summed E-state index contributed by atoms with van der Waals surface area (Å²) in [6.45, 7) is 0. The van der Waals surface area contributed by atoms with E-state index in [4.69, 9.17) is 0 Å². The first kappa shape index (κ1) is 24.2. The fourth-order valence-corrected chi connectivity index (χ4v) is 5.11. The van der Waals surface area contributed by atoms with Crippen LogP contribution in [-0.4, -0.2) is 22.0 Å². The third-order valence-electron chi connectivity index (χ3n) is 5.16. The second-order valence-electron chi connectivity index (χ2n) is 7.50. The zero-order chi connectivity index (χ0) is 24.9. The molecule has 8 nitrogen and oxygen atoms in total. The molecule has 0 aromatic heterocycles. The lowest BCUT2D eigenvalue weighted by Crippen LogP contribution is -2.30. The molecule has 1 aliphatic heterocycles. The van der Waals surface area contributed by atoms with Crippen LogP contribution in [0.2, 0.25) is 0 Å². The van der Waals surface area contributed by atoms with Gasteiger partial charge in [0.25, 0.3) is 11.6 Å². The van der Waals surface area contributed by atoms with Gasteiger partial charge < -0.3 is 5.32 Å². The van der Waals surface area contributed by atoms with Crippen molar-refractivity contribution in [2.45, 2.75) is 11.7 Å². The van der Waals surface area contributed by atoms with Crippen molar-refractivity contribution in [2.24, 2.45) is 0 Å². The van der Waals surface area contributed by atoms with E-state index in [9.17, 15) is 25.0 Å². The SMILES string of the molecule is N#C/C(C(=O)Nc1ccccc1)=C1/S[C@H](Cc2cccc([N+](=O)[O-])c2)C(=O)N1c1ccc(Br)cc1. The number of para-hydroxylation sites is 1. The van der Waals surface area contributed by atoms with Crippen molar-refractivity contribution in [3.63, 3.8) is 0 Å². The highest BCUT2D eigenvalue weighted by molar-refractivity contribution is 9.10. The molecule has 3 aromatic rings. The Morgan fingerprint density at radius 2 is 1.83 bits per heavy atom. The summed E-state index contributed by atoms with van der Waals surface area (Å²) in [6.07, 6.45) is 0.195. The first-order valence-corrected chi connectivity index (χ1v) is 12.0. The van der Waals surface area contributed by atoms with Crippen molar-refractivity contribution in [2.75, 3.05) is 10.2 Å². The van der Waals surface area contributed by atoms with Gasteiger partial charge in [-0.15, -0.1) is 0 Å². The lowest BCUT2D eigenvalue weighted by atomic mass is 10.1. The number of amides is 2. The number of hydrogen-bond acceptors (Lipinski definition) is 6. The molecule has 1 heterocycles. The molecule has 174 valence electrons. The molecule has 3 aromatic carbocycles. The van der Waals surface area contributed by atoms with Crippen molar-refractivity contribution < 1.29 is 14.5 Å². The zero-order valence-electron chi connectivity index (χ0n) is 18.1. The van der Waals surface area contributed by atoms with Crippen LogP contribution in [0, 0.1) is 21.4 Å². The minimum atomic E-state index is -0.677. The molecule has 0 aliphatic carbocycles. The Balaban J connectivity index is 1.72. The van der Waals surface area contributed by atoms with Crippen molar-refractivity contribution in [3.05, 3.63) is 110 Å². The van der Waals surface area contributed by atoms with E-state index in [1.165, 1.54) is 17.0 Å². The summed E-state index contributed by atoms with van der Waals surface area (Å²) in [5.41, 5.74) is 1.36. The maximum atomic E-state index is 13.5. The van der Waals surface area contributed by atoms with Gasteiger partial charge in [0.05, 0.1) is 10.2 Å².